The van der Waals surface area contributed by atoms with Gasteiger partial charge in [-0.3, -0.25) is 9.59 Å². The van der Waals surface area contributed by atoms with Crippen molar-refractivity contribution in [2.45, 2.75) is 38.6 Å². The first-order valence-corrected chi connectivity index (χ1v) is 13.9. The molecule has 0 bridgehead atoms. The van der Waals surface area contributed by atoms with Crippen molar-refractivity contribution < 1.29 is 23.8 Å². The third-order valence-electron chi connectivity index (χ3n) is 8.02. The molecule has 2 fully saturated rings. The van der Waals surface area contributed by atoms with E-state index >= 15 is 0 Å². The van der Waals surface area contributed by atoms with Crippen molar-refractivity contribution >= 4 is 34.6 Å². The first-order chi connectivity index (χ1) is 19.8. The number of aromatic nitrogens is 2. The molecular formula is C31H32N4O6. The van der Waals surface area contributed by atoms with Crippen LogP contribution in [0.3, 0.4) is 0 Å². The number of oxazole rings is 1. The predicted octanol–water partition coefficient (Wildman–Crippen LogP) is 4.76. The summed E-state index contributed by atoms with van der Waals surface area (Å²) in [4.78, 5) is 46.5. The van der Waals surface area contributed by atoms with Gasteiger partial charge in [-0.25, -0.2) is 4.79 Å². The van der Waals surface area contributed by atoms with Crippen molar-refractivity contribution in [3.8, 4) is 16.9 Å². The summed E-state index contributed by atoms with van der Waals surface area (Å²) in [7, 11) is 1.68. The molecular weight excluding hydrogens is 524 g/mol. The monoisotopic (exact) mass is 556 g/mol. The van der Waals surface area contributed by atoms with Gasteiger partial charge in [-0.05, 0) is 62.4 Å². The number of hydrogen-bond donors (Lipinski definition) is 1. The van der Waals surface area contributed by atoms with Gasteiger partial charge in [0.15, 0.2) is 16.8 Å². The maximum Gasteiger partial charge on any atom is 0.341 e. The van der Waals surface area contributed by atoms with Crippen LogP contribution in [0, 0.1) is 0 Å². The second-order valence-corrected chi connectivity index (χ2v) is 10.7. The average molecular weight is 557 g/mol. The summed E-state index contributed by atoms with van der Waals surface area (Å²) in [5.41, 5.74) is 3.37. The lowest BCUT2D eigenvalue weighted by molar-refractivity contribution is 0.0694. The number of ketones is 1. The molecule has 212 valence electrons. The predicted molar refractivity (Wildman–Crippen MR) is 156 cm³/mol. The van der Waals surface area contributed by atoms with Crippen LogP contribution >= 0.6 is 0 Å². The SMILES string of the molecule is COC[C@H]1CCCN1c1nc2ccc(-n3cc(C(=O)O)c(=O)cc3-c3ccc(N4CCCC4)c(C(C)=O)c3)cc2o1. The summed E-state index contributed by atoms with van der Waals surface area (Å²) in [5, 5.41) is 9.73. The van der Waals surface area contributed by atoms with Gasteiger partial charge in [-0.1, -0.05) is 6.07 Å². The quantitative estimate of drug-likeness (QED) is 0.306. The van der Waals surface area contributed by atoms with E-state index in [0.717, 1.165) is 51.0 Å². The number of hydrogen-bond acceptors (Lipinski definition) is 8. The van der Waals surface area contributed by atoms with Gasteiger partial charge in [0.25, 0.3) is 6.01 Å². The van der Waals surface area contributed by atoms with Crippen molar-refractivity contribution in [2.24, 2.45) is 0 Å². The summed E-state index contributed by atoms with van der Waals surface area (Å²) < 4.78 is 13.2. The van der Waals surface area contributed by atoms with Crippen LogP contribution in [0.1, 0.15) is 53.3 Å². The molecule has 2 aromatic carbocycles. The molecule has 1 N–H and O–H groups in total. The number of carbonyl (C=O) groups excluding carboxylic acids is 1. The van der Waals surface area contributed by atoms with Crippen LogP contribution in [0.2, 0.25) is 0 Å². The number of carboxylic acids is 1. The number of methoxy groups -OCH3 is 1. The lowest BCUT2D eigenvalue weighted by Gasteiger charge is -2.22. The number of carbonyl (C=O) groups is 2. The highest BCUT2D eigenvalue weighted by Crippen LogP contribution is 2.33. The standard InChI is InChI=1S/C31H32N4O6/c1-19(36)23-14-20(7-10-26(23)33-11-3-4-12-33)27-16-28(37)24(30(38)39)17-35(27)21-8-9-25-29(15-21)41-31(32-25)34-13-5-6-22(34)18-40-2/h7-10,14-17,22H,3-6,11-13,18H2,1-2H3,(H,38,39)/t22-/m1/s1. The molecule has 2 aromatic heterocycles. The third kappa shape index (κ3) is 4.99. The molecule has 0 radical (unpaired) electrons. The van der Waals surface area contributed by atoms with Crippen molar-refractivity contribution in [3.63, 3.8) is 0 Å². The summed E-state index contributed by atoms with van der Waals surface area (Å²) in [6, 6.07) is 13.0. The lowest BCUT2D eigenvalue weighted by atomic mass is 10.0. The molecule has 4 aromatic rings. The van der Waals surface area contributed by atoms with E-state index in [2.05, 4.69) is 14.8 Å². The maximum atomic E-state index is 12.9. The van der Waals surface area contributed by atoms with Crippen LogP contribution in [-0.4, -0.2) is 65.8 Å². The number of aromatic carboxylic acids is 1. The van der Waals surface area contributed by atoms with Crippen molar-refractivity contribution in [3.05, 3.63) is 70.0 Å². The van der Waals surface area contributed by atoms with E-state index < -0.39 is 11.4 Å². The second kappa shape index (κ2) is 10.9. The fourth-order valence-electron chi connectivity index (χ4n) is 5.97. The topological polar surface area (TPSA) is 118 Å². The number of pyridine rings is 1. The van der Waals surface area contributed by atoms with Gasteiger partial charge >= 0.3 is 5.97 Å². The third-order valence-corrected chi connectivity index (χ3v) is 8.02. The Labute approximate surface area is 236 Å². The zero-order valence-corrected chi connectivity index (χ0v) is 23.1. The van der Waals surface area contributed by atoms with Gasteiger partial charge in [0, 0.05) is 62.0 Å². The Bertz CT molecular complexity index is 1700. The lowest BCUT2D eigenvalue weighted by Crippen LogP contribution is -2.32. The number of fused-ring (bicyclic) bond motifs is 1. The van der Waals surface area contributed by atoms with Gasteiger partial charge in [0.1, 0.15) is 11.1 Å². The van der Waals surface area contributed by atoms with Gasteiger partial charge in [0.2, 0.25) is 0 Å². The van der Waals surface area contributed by atoms with Crippen molar-refractivity contribution in [1.82, 2.24) is 9.55 Å². The highest BCUT2D eigenvalue weighted by molar-refractivity contribution is 6.01. The minimum Gasteiger partial charge on any atom is -0.477 e. The van der Waals surface area contributed by atoms with Crippen LogP contribution < -0.4 is 15.2 Å². The zero-order valence-electron chi connectivity index (χ0n) is 23.1. The Balaban J connectivity index is 1.46. The average Bonchev–Trinajstić information content (AvgIpc) is 3.73. The van der Waals surface area contributed by atoms with Gasteiger partial charge in [0.05, 0.1) is 18.3 Å². The number of carboxylic acid groups (broad SMARTS) is 1. The molecule has 6 rings (SSSR count). The van der Waals surface area contributed by atoms with E-state index in [0.29, 0.717) is 46.2 Å². The minimum absolute atomic E-state index is 0.0749. The summed E-state index contributed by atoms with van der Waals surface area (Å²) >= 11 is 0. The Hall–Kier alpha value is -4.44. The van der Waals surface area contributed by atoms with Gasteiger partial charge < -0.3 is 28.6 Å². The Morgan fingerprint density at radius 2 is 1.85 bits per heavy atom. The molecule has 0 aliphatic carbocycles. The van der Waals surface area contributed by atoms with Gasteiger partial charge in [-0.2, -0.15) is 4.98 Å². The molecule has 0 saturated carbocycles. The molecule has 41 heavy (non-hydrogen) atoms. The maximum absolute atomic E-state index is 12.9. The zero-order chi connectivity index (χ0) is 28.7. The fraction of sp³-hybridized carbons (Fsp3) is 0.355. The number of nitrogens with zero attached hydrogens (tertiary/aromatic N) is 4. The first-order valence-electron chi connectivity index (χ1n) is 13.9. The normalized spacial score (nSPS) is 17.1. The van der Waals surface area contributed by atoms with Crippen LogP contribution in [0.15, 0.2) is 57.9 Å². The second-order valence-electron chi connectivity index (χ2n) is 10.7. The summed E-state index contributed by atoms with van der Waals surface area (Å²) in [5.74, 6) is -1.39. The van der Waals surface area contributed by atoms with Crippen LogP contribution in [-0.2, 0) is 4.74 Å². The number of ether oxygens (including phenoxy) is 1. The molecule has 0 unspecified atom stereocenters. The number of rotatable bonds is 8. The fourth-order valence-corrected chi connectivity index (χ4v) is 5.97. The van der Waals surface area contributed by atoms with E-state index in [-0.39, 0.29) is 17.4 Å². The van der Waals surface area contributed by atoms with Gasteiger partial charge in [-0.15, -0.1) is 0 Å². The van der Waals surface area contributed by atoms with Crippen LogP contribution in [0.5, 0.6) is 0 Å². The molecule has 10 nitrogen and oxygen atoms in total. The van der Waals surface area contributed by atoms with E-state index in [4.69, 9.17) is 9.15 Å². The molecule has 0 spiro atoms. The number of benzene rings is 2. The van der Waals surface area contributed by atoms with Crippen molar-refractivity contribution in [1.29, 1.82) is 0 Å². The minimum atomic E-state index is -1.31. The van der Waals surface area contributed by atoms with E-state index in [1.165, 1.54) is 19.2 Å². The Morgan fingerprint density at radius 1 is 1.05 bits per heavy atom. The van der Waals surface area contributed by atoms with E-state index in [1.54, 1.807) is 23.8 Å². The Kier molecular flexibility index (Phi) is 7.08. The number of Topliss-reactive ketones (excluding diaryl/α,β-unsaturated/α-hetero) is 1. The highest BCUT2D eigenvalue weighted by atomic mass is 16.5. The molecule has 4 heterocycles. The molecule has 2 aliphatic rings. The smallest absolute Gasteiger partial charge is 0.341 e. The molecule has 1 atom stereocenters. The molecule has 2 aliphatic heterocycles. The highest BCUT2D eigenvalue weighted by Gasteiger charge is 2.28. The Morgan fingerprint density at radius 3 is 2.59 bits per heavy atom. The molecule has 10 heteroatoms. The first kappa shape index (κ1) is 26.8. The van der Waals surface area contributed by atoms with E-state index in [1.807, 2.05) is 24.3 Å². The van der Waals surface area contributed by atoms with E-state index in [9.17, 15) is 19.5 Å². The number of anilines is 2. The largest absolute Gasteiger partial charge is 0.477 e. The van der Waals surface area contributed by atoms with Crippen molar-refractivity contribution in [2.75, 3.05) is 43.2 Å². The molecule has 0 amide bonds. The molecule has 2 saturated heterocycles. The summed E-state index contributed by atoms with van der Waals surface area (Å²) in [6.07, 6.45) is 5.50. The summed E-state index contributed by atoms with van der Waals surface area (Å²) in [6.45, 7) is 4.72. The van der Waals surface area contributed by atoms with Crippen LogP contribution in [0.25, 0.3) is 28.0 Å². The van der Waals surface area contributed by atoms with Crippen LogP contribution in [0.4, 0.5) is 11.7 Å².